The molecule has 0 saturated carbocycles. The normalized spacial score (nSPS) is 13.9. The number of para-hydroxylation sites is 1. The van der Waals surface area contributed by atoms with Gasteiger partial charge in [0.1, 0.15) is 0 Å². The monoisotopic (exact) mass is 363 g/mol. The van der Waals surface area contributed by atoms with Crippen molar-refractivity contribution in [2.24, 2.45) is 0 Å². The quantitative estimate of drug-likeness (QED) is 0.772. The summed E-state index contributed by atoms with van der Waals surface area (Å²) in [5, 5.41) is 3.01. The van der Waals surface area contributed by atoms with Gasteiger partial charge in [0.2, 0.25) is 5.91 Å². The maximum absolute atomic E-state index is 12.4. The molecule has 1 aliphatic heterocycles. The molecular formula is C18H25N3O5. The Balaban J connectivity index is 1.86. The van der Waals surface area contributed by atoms with Crippen LogP contribution in [0.3, 0.4) is 0 Å². The van der Waals surface area contributed by atoms with Crippen molar-refractivity contribution in [1.29, 1.82) is 0 Å². The summed E-state index contributed by atoms with van der Waals surface area (Å²) in [5.74, 6) is -0.515. The molecule has 0 bridgehead atoms. The van der Waals surface area contributed by atoms with Gasteiger partial charge < -0.3 is 24.6 Å². The van der Waals surface area contributed by atoms with Crippen LogP contribution in [-0.4, -0.2) is 73.7 Å². The number of rotatable bonds is 6. The van der Waals surface area contributed by atoms with Crippen molar-refractivity contribution in [3.05, 3.63) is 29.8 Å². The Kier molecular flexibility index (Phi) is 7.25. The third-order valence-electron chi connectivity index (χ3n) is 4.01. The molecule has 0 atom stereocenters. The number of esters is 1. The fraction of sp³-hybridized carbons (Fsp3) is 0.500. The summed E-state index contributed by atoms with van der Waals surface area (Å²) in [7, 11) is 0. The van der Waals surface area contributed by atoms with Crippen molar-refractivity contribution in [2.45, 2.75) is 13.8 Å². The molecule has 0 aromatic heterocycles. The Bertz CT molecular complexity index is 641. The molecule has 1 saturated heterocycles. The van der Waals surface area contributed by atoms with E-state index in [-0.39, 0.29) is 25.2 Å². The maximum Gasteiger partial charge on any atom is 0.409 e. The van der Waals surface area contributed by atoms with Crippen LogP contribution < -0.4 is 5.32 Å². The summed E-state index contributed by atoms with van der Waals surface area (Å²) >= 11 is 0. The highest BCUT2D eigenvalue weighted by Crippen LogP contribution is 2.16. The average molecular weight is 363 g/mol. The number of carbonyl (C=O) groups excluding carboxylic acids is 3. The lowest BCUT2D eigenvalue weighted by molar-refractivity contribution is -0.130. The van der Waals surface area contributed by atoms with Crippen molar-refractivity contribution in [1.82, 2.24) is 9.80 Å². The molecule has 0 aliphatic carbocycles. The first-order chi connectivity index (χ1) is 12.6. The van der Waals surface area contributed by atoms with Crippen molar-refractivity contribution in [3.8, 4) is 0 Å². The van der Waals surface area contributed by atoms with Gasteiger partial charge in [-0.25, -0.2) is 9.59 Å². The van der Waals surface area contributed by atoms with Gasteiger partial charge in [-0.3, -0.25) is 4.79 Å². The maximum atomic E-state index is 12.4. The number of nitrogens with one attached hydrogen (secondary N) is 1. The minimum atomic E-state index is -0.425. The molecule has 1 aliphatic rings. The van der Waals surface area contributed by atoms with E-state index in [1.54, 1.807) is 47.9 Å². The summed E-state index contributed by atoms with van der Waals surface area (Å²) in [6.45, 7) is 6.00. The first kappa shape index (κ1) is 19.6. The molecule has 0 spiro atoms. The summed E-state index contributed by atoms with van der Waals surface area (Å²) in [5.41, 5.74) is 0.957. The summed E-state index contributed by atoms with van der Waals surface area (Å²) in [6.07, 6.45) is -0.346. The second-order valence-corrected chi connectivity index (χ2v) is 5.69. The molecule has 1 heterocycles. The third-order valence-corrected chi connectivity index (χ3v) is 4.01. The SMILES string of the molecule is CCOC(=O)c1ccccc1NCC(=O)N1CCN(C(=O)OCC)CC1. The van der Waals surface area contributed by atoms with Crippen LogP contribution in [0.5, 0.6) is 0 Å². The number of hydrogen-bond donors (Lipinski definition) is 1. The fourth-order valence-corrected chi connectivity index (χ4v) is 2.66. The van der Waals surface area contributed by atoms with Crippen LogP contribution in [0.25, 0.3) is 0 Å². The van der Waals surface area contributed by atoms with E-state index in [0.29, 0.717) is 44.0 Å². The van der Waals surface area contributed by atoms with E-state index in [4.69, 9.17) is 9.47 Å². The summed E-state index contributed by atoms with van der Waals surface area (Å²) in [6, 6.07) is 6.92. The highest BCUT2D eigenvalue weighted by Gasteiger charge is 2.24. The number of amides is 2. The summed E-state index contributed by atoms with van der Waals surface area (Å²) < 4.78 is 9.99. The Labute approximate surface area is 153 Å². The van der Waals surface area contributed by atoms with Gasteiger partial charge in [-0.15, -0.1) is 0 Å². The van der Waals surface area contributed by atoms with Crippen LogP contribution in [0.1, 0.15) is 24.2 Å². The van der Waals surface area contributed by atoms with Gasteiger partial charge in [0.15, 0.2) is 0 Å². The van der Waals surface area contributed by atoms with Gasteiger partial charge in [-0.2, -0.15) is 0 Å². The lowest BCUT2D eigenvalue weighted by atomic mass is 10.2. The lowest BCUT2D eigenvalue weighted by Crippen LogP contribution is -2.51. The molecule has 0 radical (unpaired) electrons. The highest BCUT2D eigenvalue weighted by atomic mass is 16.6. The molecule has 26 heavy (non-hydrogen) atoms. The predicted octanol–water partition coefficient (Wildman–Crippen LogP) is 1.58. The number of ether oxygens (including phenoxy) is 2. The van der Waals surface area contributed by atoms with E-state index in [1.807, 2.05) is 0 Å². The molecule has 142 valence electrons. The second-order valence-electron chi connectivity index (χ2n) is 5.69. The largest absolute Gasteiger partial charge is 0.462 e. The van der Waals surface area contributed by atoms with E-state index in [9.17, 15) is 14.4 Å². The number of nitrogens with zero attached hydrogens (tertiary/aromatic N) is 2. The average Bonchev–Trinajstić information content (AvgIpc) is 2.67. The number of benzene rings is 1. The van der Waals surface area contributed by atoms with Crippen molar-refractivity contribution in [3.63, 3.8) is 0 Å². The number of piperazine rings is 1. The third kappa shape index (κ3) is 5.11. The number of anilines is 1. The van der Waals surface area contributed by atoms with E-state index < -0.39 is 5.97 Å². The van der Waals surface area contributed by atoms with Crippen LogP contribution >= 0.6 is 0 Å². The Morgan fingerprint density at radius 3 is 2.23 bits per heavy atom. The van der Waals surface area contributed by atoms with Gasteiger partial charge in [0.05, 0.1) is 25.3 Å². The van der Waals surface area contributed by atoms with Gasteiger partial charge in [-0.1, -0.05) is 12.1 Å². The Hall–Kier alpha value is -2.77. The van der Waals surface area contributed by atoms with Gasteiger partial charge in [-0.05, 0) is 26.0 Å². The fourth-order valence-electron chi connectivity index (χ4n) is 2.66. The molecule has 2 amide bonds. The van der Waals surface area contributed by atoms with Gasteiger partial charge in [0, 0.05) is 31.9 Å². The zero-order chi connectivity index (χ0) is 18.9. The van der Waals surface area contributed by atoms with Gasteiger partial charge >= 0.3 is 12.1 Å². The Morgan fingerprint density at radius 2 is 1.58 bits per heavy atom. The first-order valence-corrected chi connectivity index (χ1v) is 8.76. The molecule has 0 unspecified atom stereocenters. The van der Waals surface area contributed by atoms with E-state index in [0.717, 1.165) is 0 Å². The molecule has 1 fully saturated rings. The van der Waals surface area contributed by atoms with Crippen LogP contribution in [0.15, 0.2) is 24.3 Å². The number of hydrogen-bond acceptors (Lipinski definition) is 6. The minimum absolute atomic E-state index is 0.0653. The van der Waals surface area contributed by atoms with E-state index in [1.165, 1.54) is 0 Å². The van der Waals surface area contributed by atoms with Crippen LogP contribution in [0.2, 0.25) is 0 Å². The summed E-state index contributed by atoms with van der Waals surface area (Å²) in [4.78, 5) is 39.3. The van der Waals surface area contributed by atoms with Gasteiger partial charge in [0.25, 0.3) is 0 Å². The van der Waals surface area contributed by atoms with E-state index in [2.05, 4.69) is 5.32 Å². The predicted molar refractivity (Wildman–Crippen MR) is 96.1 cm³/mol. The van der Waals surface area contributed by atoms with Crippen molar-refractivity contribution >= 4 is 23.7 Å². The van der Waals surface area contributed by atoms with E-state index >= 15 is 0 Å². The molecular weight excluding hydrogens is 338 g/mol. The lowest BCUT2D eigenvalue weighted by Gasteiger charge is -2.34. The van der Waals surface area contributed by atoms with Crippen molar-refractivity contribution in [2.75, 3.05) is 51.3 Å². The smallest absolute Gasteiger partial charge is 0.409 e. The van der Waals surface area contributed by atoms with Crippen molar-refractivity contribution < 1.29 is 23.9 Å². The molecule has 8 nitrogen and oxygen atoms in total. The minimum Gasteiger partial charge on any atom is -0.462 e. The standard InChI is InChI=1S/C18H25N3O5/c1-3-25-17(23)14-7-5-6-8-15(14)19-13-16(22)20-9-11-21(12-10-20)18(24)26-4-2/h5-8,19H,3-4,9-13H2,1-2H3. The molecule has 1 aromatic rings. The van der Waals surface area contributed by atoms with Crippen LogP contribution in [-0.2, 0) is 14.3 Å². The molecule has 1 aromatic carbocycles. The molecule has 8 heteroatoms. The molecule has 1 N–H and O–H groups in total. The molecule has 2 rings (SSSR count). The van der Waals surface area contributed by atoms with Crippen LogP contribution in [0, 0.1) is 0 Å². The highest BCUT2D eigenvalue weighted by molar-refractivity contribution is 5.96. The first-order valence-electron chi connectivity index (χ1n) is 8.76. The second kappa shape index (κ2) is 9.65. The Morgan fingerprint density at radius 1 is 0.962 bits per heavy atom. The van der Waals surface area contributed by atoms with Crippen LogP contribution in [0.4, 0.5) is 10.5 Å². The topological polar surface area (TPSA) is 88.2 Å². The zero-order valence-electron chi connectivity index (χ0n) is 15.2. The zero-order valence-corrected chi connectivity index (χ0v) is 15.2. The number of carbonyl (C=O) groups is 3.